The van der Waals surface area contributed by atoms with Crippen LogP contribution in [0.25, 0.3) is 0 Å². The molecule has 0 radical (unpaired) electrons. The molecule has 0 aliphatic rings. The molecule has 0 heterocycles. The van der Waals surface area contributed by atoms with Gasteiger partial charge in [0.1, 0.15) is 17.5 Å². The minimum atomic E-state index is -3.69. The number of carbonyl (C=O) groups excluding carboxylic acids is 1. The van der Waals surface area contributed by atoms with E-state index in [4.69, 9.17) is 4.74 Å². The molecule has 31 heavy (non-hydrogen) atoms. The summed E-state index contributed by atoms with van der Waals surface area (Å²) >= 11 is 0. The summed E-state index contributed by atoms with van der Waals surface area (Å²) in [5.41, 5.74) is 2.44. The van der Waals surface area contributed by atoms with Gasteiger partial charge in [0, 0.05) is 6.54 Å². The molecule has 3 rings (SSSR count). The van der Waals surface area contributed by atoms with Gasteiger partial charge in [0.05, 0.1) is 11.9 Å². The highest BCUT2D eigenvalue weighted by molar-refractivity contribution is 7.92. The van der Waals surface area contributed by atoms with E-state index in [0.717, 1.165) is 21.7 Å². The van der Waals surface area contributed by atoms with E-state index in [-0.39, 0.29) is 5.91 Å². The molecule has 0 spiro atoms. The fourth-order valence-corrected chi connectivity index (χ4v) is 4.43. The zero-order chi connectivity index (χ0) is 22.4. The highest BCUT2D eigenvalue weighted by Gasteiger charge is 2.29. The van der Waals surface area contributed by atoms with E-state index in [1.54, 1.807) is 31.2 Å². The SMILES string of the molecule is Cc1cccc(CNC(=O)[C@@H](C)N(c2ccc(Oc3ccccc3)cc2)S(C)(=O)=O)c1. The Kier molecular flexibility index (Phi) is 6.97. The van der Waals surface area contributed by atoms with Gasteiger partial charge in [-0.25, -0.2) is 8.42 Å². The first-order valence-corrected chi connectivity index (χ1v) is 11.7. The van der Waals surface area contributed by atoms with E-state index in [1.807, 2.05) is 61.5 Å². The average molecular weight is 439 g/mol. The van der Waals surface area contributed by atoms with Crippen LogP contribution in [0.5, 0.6) is 11.5 Å². The predicted octanol–water partition coefficient (Wildman–Crippen LogP) is 4.26. The highest BCUT2D eigenvalue weighted by Crippen LogP contribution is 2.27. The summed E-state index contributed by atoms with van der Waals surface area (Å²) in [4.78, 5) is 12.7. The van der Waals surface area contributed by atoms with Gasteiger partial charge in [-0.05, 0) is 55.8 Å². The summed E-state index contributed by atoms with van der Waals surface area (Å²) < 4.78 is 31.8. The van der Waals surface area contributed by atoms with Gasteiger partial charge in [-0.1, -0.05) is 48.0 Å². The summed E-state index contributed by atoms with van der Waals surface area (Å²) in [5.74, 6) is 0.871. The zero-order valence-corrected chi connectivity index (χ0v) is 18.6. The Morgan fingerprint density at radius 3 is 2.23 bits per heavy atom. The number of benzene rings is 3. The third kappa shape index (κ3) is 6.08. The van der Waals surface area contributed by atoms with E-state index >= 15 is 0 Å². The number of ether oxygens (including phenoxy) is 1. The Hall–Kier alpha value is -3.32. The lowest BCUT2D eigenvalue weighted by Crippen LogP contribution is -2.47. The molecule has 1 atom stereocenters. The van der Waals surface area contributed by atoms with Crippen molar-refractivity contribution < 1.29 is 17.9 Å². The molecule has 1 N–H and O–H groups in total. The second kappa shape index (κ2) is 9.66. The molecule has 1 amide bonds. The van der Waals surface area contributed by atoms with Crippen LogP contribution in [0.2, 0.25) is 0 Å². The standard InChI is InChI=1S/C24H26N2O4S/c1-18-8-7-9-20(16-18)17-25-24(27)19(2)26(31(3,28)29)21-12-14-23(15-13-21)30-22-10-5-4-6-11-22/h4-16,19H,17H2,1-3H3,(H,25,27)/t19-/m1/s1. The molecule has 0 bridgehead atoms. The third-order valence-electron chi connectivity index (χ3n) is 4.71. The van der Waals surface area contributed by atoms with Crippen LogP contribution >= 0.6 is 0 Å². The van der Waals surface area contributed by atoms with Crippen molar-refractivity contribution in [3.05, 3.63) is 90.0 Å². The van der Waals surface area contributed by atoms with E-state index in [1.165, 1.54) is 0 Å². The van der Waals surface area contributed by atoms with Gasteiger partial charge in [-0.15, -0.1) is 0 Å². The molecule has 0 saturated heterocycles. The molecule has 0 aliphatic carbocycles. The van der Waals surface area contributed by atoms with E-state index in [0.29, 0.717) is 23.7 Å². The minimum absolute atomic E-state index is 0.326. The lowest BCUT2D eigenvalue weighted by Gasteiger charge is -2.28. The van der Waals surface area contributed by atoms with Gasteiger partial charge in [0.2, 0.25) is 15.9 Å². The Bertz CT molecular complexity index is 1130. The average Bonchev–Trinajstić information content (AvgIpc) is 2.73. The molecule has 3 aromatic rings. The molecular weight excluding hydrogens is 412 g/mol. The molecule has 0 aliphatic heterocycles. The lowest BCUT2D eigenvalue weighted by molar-refractivity contribution is -0.122. The second-order valence-electron chi connectivity index (χ2n) is 7.35. The zero-order valence-electron chi connectivity index (χ0n) is 17.8. The van der Waals surface area contributed by atoms with Crippen molar-refractivity contribution in [3.63, 3.8) is 0 Å². The number of carbonyl (C=O) groups is 1. The Morgan fingerprint density at radius 2 is 1.61 bits per heavy atom. The largest absolute Gasteiger partial charge is 0.457 e. The summed E-state index contributed by atoms with van der Waals surface area (Å²) in [6, 6.07) is 22.8. The Labute approximate surface area is 183 Å². The van der Waals surface area contributed by atoms with Crippen molar-refractivity contribution in [2.24, 2.45) is 0 Å². The van der Waals surface area contributed by atoms with Crippen LogP contribution in [0.3, 0.4) is 0 Å². The molecule has 162 valence electrons. The van der Waals surface area contributed by atoms with Gasteiger partial charge in [0.15, 0.2) is 0 Å². The van der Waals surface area contributed by atoms with Gasteiger partial charge in [-0.2, -0.15) is 0 Å². The van der Waals surface area contributed by atoms with Crippen molar-refractivity contribution in [2.45, 2.75) is 26.4 Å². The summed E-state index contributed by atoms with van der Waals surface area (Å²) in [7, 11) is -3.69. The summed E-state index contributed by atoms with van der Waals surface area (Å²) in [6.45, 7) is 3.87. The van der Waals surface area contributed by atoms with Crippen LogP contribution in [-0.4, -0.2) is 26.6 Å². The molecule has 0 aromatic heterocycles. The number of para-hydroxylation sites is 1. The van der Waals surface area contributed by atoms with Gasteiger partial charge < -0.3 is 10.1 Å². The van der Waals surface area contributed by atoms with Crippen molar-refractivity contribution in [3.8, 4) is 11.5 Å². The Balaban J connectivity index is 1.74. The summed E-state index contributed by atoms with van der Waals surface area (Å²) in [6.07, 6.45) is 1.09. The van der Waals surface area contributed by atoms with Crippen LogP contribution in [0.1, 0.15) is 18.1 Å². The first-order valence-electron chi connectivity index (χ1n) is 9.89. The maximum absolute atomic E-state index is 12.7. The van der Waals surface area contributed by atoms with E-state index < -0.39 is 16.1 Å². The molecule has 0 saturated carbocycles. The Morgan fingerprint density at radius 1 is 0.968 bits per heavy atom. The smallest absolute Gasteiger partial charge is 0.243 e. The number of hydrogen-bond donors (Lipinski definition) is 1. The first kappa shape index (κ1) is 22.4. The number of rotatable bonds is 8. The maximum atomic E-state index is 12.7. The fourth-order valence-electron chi connectivity index (χ4n) is 3.25. The van der Waals surface area contributed by atoms with Crippen LogP contribution in [0, 0.1) is 6.92 Å². The van der Waals surface area contributed by atoms with Crippen LogP contribution in [-0.2, 0) is 21.4 Å². The van der Waals surface area contributed by atoms with E-state index in [9.17, 15) is 13.2 Å². The second-order valence-corrected chi connectivity index (χ2v) is 9.21. The molecular formula is C24H26N2O4S. The summed E-state index contributed by atoms with van der Waals surface area (Å²) in [5, 5.41) is 2.82. The molecule has 3 aromatic carbocycles. The molecule has 0 fully saturated rings. The monoisotopic (exact) mass is 438 g/mol. The third-order valence-corrected chi connectivity index (χ3v) is 5.95. The molecule has 0 unspecified atom stereocenters. The fraction of sp³-hybridized carbons (Fsp3) is 0.208. The topological polar surface area (TPSA) is 75.7 Å². The number of anilines is 1. The van der Waals surface area contributed by atoms with Crippen LogP contribution in [0.15, 0.2) is 78.9 Å². The van der Waals surface area contributed by atoms with E-state index in [2.05, 4.69) is 5.32 Å². The van der Waals surface area contributed by atoms with Gasteiger partial charge in [0.25, 0.3) is 0 Å². The number of nitrogens with one attached hydrogen (secondary N) is 1. The number of hydrogen-bond acceptors (Lipinski definition) is 4. The molecule has 7 heteroatoms. The van der Waals surface area contributed by atoms with Crippen molar-refractivity contribution in [1.82, 2.24) is 5.32 Å². The van der Waals surface area contributed by atoms with Crippen molar-refractivity contribution >= 4 is 21.6 Å². The number of aryl methyl sites for hydroxylation is 1. The van der Waals surface area contributed by atoms with Crippen LogP contribution in [0.4, 0.5) is 5.69 Å². The normalized spacial score (nSPS) is 12.1. The highest BCUT2D eigenvalue weighted by atomic mass is 32.2. The van der Waals surface area contributed by atoms with Gasteiger partial charge >= 0.3 is 0 Å². The predicted molar refractivity (Wildman–Crippen MR) is 123 cm³/mol. The quantitative estimate of drug-likeness (QED) is 0.570. The first-order chi connectivity index (χ1) is 14.7. The lowest BCUT2D eigenvalue weighted by atomic mass is 10.1. The number of amides is 1. The van der Waals surface area contributed by atoms with Gasteiger partial charge in [-0.3, -0.25) is 9.10 Å². The van der Waals surface area contributed by atoms with Crippen LogP contribution < -0.4 is 14.4 Å². The maximum Gasteiger partial charge on any atom is 0.243 e. The van der Waals surface area contributed by atoms with Crippen molar-refractivity contribution in [1.29, 1.82) is 0 Å². The number of sulfonamides is 1. The molecule has 6 nitrogen and oxygen atoms in total. The van der Waals surface area contributed by atoms with Crippen molar-refractivity contribution in [2.75, 3.05) is 10.6 Å². The number of nitrogens with zero attached hydrogens (tertiary/aromatic N) is 1. The minimum Gasteiger partial charge on any atom is -0.457 e.